The van der Waals surface area contributed by atoms with Gasteiger partial charge in [0.25, 0.3) is 11.6 Å². The van der Waals surface area contributed by atoms with E-state index in [1.165, 1.54) is 12.1 Å². The zero-order valence-electron chi connectivity index (χ0n) is 19.3. The summed E-state index contributed by atoms with van der Waals surface area (Å²) in [5, 5.41) is 13.8. The molecule has 0 atom stereocenters. The number of hydrogen-bond acceptors (Lipinski definition) is 6. The molecule has 0 spiro atoms. The van der Waals surface area contributed by atoms with Crippen molar-refractivity contribution in [2.45, 2.75) is 20.8 Å². The molecule has 3 aromatic carbocycles. The number of nitro benzene ring substituents is 1. The maximum Gasteiger partial charge on any atom is 0.291 e. The van der Waals surface area contributed by atoms with E-state index in [1.807, 2.05) is 38.1 Å². The summed E-state index contributed by atoms with van der Waals surface area (Å²) in [7, 11) is 0. The van der Waals surface area contributed by atoms with E-state index < -0.39 is 10.8 Å². The second kappa shape index (κ2) is 8.57. The number of non-ortho nitro benzene ring substituents is 1. The number of nitro groups is 1. The van der Waals surface area contributed by atoms with E-state index in [-0.39, 0.29) is 11.4 Å². The highest BCUT2D eigenvalue weighted by molar-refractivity contribution is 6.02. The van der Waals surface area contributed by atoms with Crippen molar-refractivity contribution in [1.29, 1.82) is 0 Å². The van der Waals surface area contributed by atoms with E-state index in [1.54, 1.807) is 37.3 Å². The van der Waals surface area contributed by atoms with Crippen LogP contribution in [0.4, 0.5) is 11.4 Å². The van der Waals surface area contributed by atoms with Crippen LogP contribution in [0.2, 0.25) is 0 Å². The fourth-order valence-corrected chi connectivity index (χ4v) is 4.07. The molecule has 35 heavy (non-hydrogen) atoms. The lowest BCUT2D eigenvalue weighted by Crippen LogP contribution is -2.10. The Kier molecular flexibility index (Phi) is 5.41. The van der Waals surface area contributed by atoms with E-state index in [0.29, 0.717) is 28.5 Å². The molecule has 5 aromatic rings. The van der Waals surface area contributed by atoms with Gasteiger partial charge in [-0.1, -0.05) is 12.1 Å². The number of rotatable bonds is 5. The molecule has 0 saturated heterocycles. The molecule has 8 heteroatoms. The fraction of sp³-hybridized carbons (Fsp3) is 0.111. The van der Waals surface area contributed by atoms with Gasteiger partial charge in [0.05, 0.1) is 4.92 Å². The Morgan fingerprint density at radius 2 is 1.77 bits per heavy atom. The zero-order valence-corrected chi connectivity index (χ0v) is 19.3. The van der Waals surface area contributed by atoms with Crippen molar-refractivity contribution in [3.05, 3.63) is 99.3 Å². The number of anilines is 1. The lowest BCUT2D eigenvalue weighted by Gasteiger charge is -2.05. The first kappa shape index (κ1) is 22.1. The number of nitrogens with one attached hydrogen (secondary N) is 1. The summed E-state index contributed by atoms with van der Waals surface area (Å²) in [5.41, 5.74) is 6.30. The normalized spacial score (nSPS) is 11.1. The van der Waals surface area contributed by atoms with E-state index in [9.17, 15) is 14.9 Å². The van der Waals surface area contributed by atoms with E-state index in [2.05, 4.69) is 10.3 Å². The van der Waals surface area contributed by atoms with E-state index in [4.69, 9.17) is 8.83 Å². The Hall–Kier alpha value is -4.72. The minimum absolute atomic E-state index is 0.0000995. The number of benzene rings is 3. The molecule has 2 aromatic heterocycles. The maximum absolute atomic E-state index is 12.8. The first-order valence-electron chi connectivity index (χ1n) is 10.9. The Labute approximate surface area is 200 Å². The van der Waals surface area contributed by atoms with E-state index in [0.717, 1.165) is 27.8 Å². The van der Waals surface area contributed by atoms with Crippen LogP contribution >= 0.6 is 0 Å². The number of aryl methyl sites for hydroxylation is 3. The zero-order chi connectivity index (χ0) is 24.7. The van der Waals surface area contributed by atoms with Gasteiger partial charge in [-0.2, -0.15) is 0 Å². The lowest BCUT2D eigenvalue weighted by molar-refractivity contribution is -0.384. The molecule has 2 heterocycles. The summed E-state index contributed by atoms with van der Waals surface area (Å²) in [5.74, 6) is 0.625. The Balaban J connectivity index is 1.37. The van der Waals surface area contributed by atoms with Crippen LogP contribution in [0.5, 0.6) is 0 Å². The van der Waals surface area contributed by atoms with Crippen molar-refractivity contribution in [2.75, 3.05) is 5.32 Å². The summed E-state index contributed by atoms with van der Waals surface area (Å²) in [6, 6.07) is 19.0. The van der Waals surface area contributed by atoms with Crippen molar-refractivity contribution >= 4 is 28.4 Å². The number of amides is 1. The van der Waals surface area contributed by atoms with Crippen LogP contribution in [0.1, 0.15) is 27.2 Å². The van der Waals surface area contributed by atoms with Crippen molar-refractivity contribution in [3.63, 3.8) is 0 Å². The van der Waals surface area contributed by atoms with Gasteiger partial charge < -0.3 is 14.2 Å². The number of fused-ring (bicyclic) bond motifs is 1. The Bertz CT molecular complexity index is 1610. The molecule has 0 fully saturated rings. The number of aromatic nitrogens is 1. The summed E-state index contributed by atoms with van der Waals surface area (Å²) >= 11 is 0. The minimum Gasteiger partial charge on any atom is -0.451 e. The molecule has 174 valence electrons. The van der Waals surface area contributed by atoms with Crippen LogP contribution in [0.25, 0.3) is 33.9 Å². The predicted octanol–water partition coefficient (Wildman–Crippen LogP) is 6.84. The van der Waals surface area contributed by atoms with Crippen LogP contribution in [0, 0.1) is 30.9 Å². The molecule has 5 rings (SSSR count). The number of carbonyl (C=O) groups excluding carboxylic acids is 1. The quantitative estimate of drug-likeness (QED) is 0.224. The third-order valence-corrected chi connectivity index (χ3v) is 5.70. The molecule has 0 aliphatic carbocycles. The van der Waals surface area contributed by atoms with Crippen molar-refractivity contribution in [2.24, 2.45) is 0 Å². The van der Waals surface area contributed by atoms with Gasteiger partial charge in [0.1, 0.15) is 11.3 Å². The summed E-state index contributed by atoms with van der Waals surface area (Å²) in [6.45, 7) is 5.75. The van der Waals surface area contributed by atoms with E-state index >= 15 is 0 Å². The summed E-state index contributed by atoms with van der Waals surface area (Å²) in [4.78, 5) is 28.0. The molecular weight excluding hydrogens is 446 g/mol. The van der Waals surface area contributed by atoms with Gasteiger partial charge in [0, 0.05) is 28.9 Å². The molecule has 8 nitrogen and oxygen atoms in total. The number of nitrogens with zero attached hydrogens (tertiary/aromatic N) is 2. The minimum atomic E-state index is -0.449. The van der Waals surface area contributed by atoms with Crippen molar-refractivity contribution in [1.82, 2.24) is 4.98 Å². The van der Waals surface area contributed by atoms with Crippen molar-refractivity contribution in [3.8, 4) is 22.8 Å². The van der Waals surface area contributed by atoms with Gasteiger partial charge in [-0.25, -0.2) is 4.98 Å². The first-order chi connectivity index (χ1) is 16.8. The number of carbonyl (C=O) groups is 1. The molecular formula is C27H21N3O5. The number of hydrogen-bond donors (Lipinski definition) is 1. The molecule has 0 saturated carbocycles. The molecule has 0 aliphatic rings. The average molecular weight is 467 g/mol. The van der Waals surface area contributed by atoms with Gasteiger partial charge >= 0.3 is 0 Å². The third-order valence-electron chi connectivity index (χ3n) is 5.70. The molecule has 0 unspecified atom stereocenters. The van der Waals surface area contributed by atoms with Crippen LogP contribution in [-0.2, 0) is 0 Å². The number of furan rings is 1. The van der Waals surface area contributed by atoms with Crippen molar-refractivity contribution < 1.29 is 18.6 Å². The molecule has 0 aliphatic heterocycles. The standard InChI is InChI=1S/C27H21N3O5/c1-15-11-17(3)25-22(12-15)29-27(35-25)18-5-4-6-19(14-18)28-26(31)24-10-9-23(34-24)21-8-7-20(30(32)33)13-16(21)2/h4-14H,1-3H3,(H,28,31). The fourth-order valence-electron chi connectivity index (χ4n) is 4.07. The SMILES string of the molecule is Cc1cc(C)c2oc(-c3cccc(NC(=O)c4ccc(-c5ccc([N+](=O)[O-])cc5C)o4)c3)nc2c1. The van der Waals surface area contributed by atoms with Gasteiger partial charge in [0.2, 0.25) is 5.89 Å². The second-order valence-corrected chi connectivity index (χ2v) is 8.40. The summed E-state index contributed by atoms with van der Waals surface area (Å²) < 4.78 is 11.7. The van der Waals surface area contributed by atoms with Gasteiger partial charge in [-0.05, 0) is 79.9 Å². The monoisotopic (exact) mass is 467 g/mol. The van der Waals surface area contributed by atoms with Crippen LogP contribution in [-0.4, -0.2) is 15.8 Å². The van der Waals surface area contributed by atoms with Gasteiger partial charge in [0.15, 0.2) is 11.3 Å². The smallest absolute Gasteiger partial charge is 0.291 e. The molecule has 0 bridgehead atoms. The first-order valence-corrected chi connectivity index (χ1v) is 10.9. The average Bonchev–Trinajstić information content (AvgIpc) is 3.47. The largest absolute Gasteiger partial charge is 0.451 e. The highest BCUT2D eigenvalue weighted by Gasteiger charge is 2.17. The second-order valence-electron chi connectivity index (χ2n) is 8.40. The van der Waals surface area contributed by atoms with Crippen LogP contribution in [0.15, 0.2) is 75.6 Å². The van der Waals surface area contributed by atoms with Crippen LogP contribution < -0.4 is 5.32 Å². The molecule has 0 radical (unpaired) electrons. The number of oxazole rings is 1. The van der Waals surface area contributed by atoms with Gasteiger partial charge in [-0.15, -0.1) is 0 Å². The summed E-state index contributed by atoms with van der Waals surface area (Å²) in [6.07, 6.45) is 0. The maximum atomic E-state index is 12.8. The highest BCUT2D eigenvalue weighted by atomic mass is 16.6. The van der Waals surface area contributed by atoms with Crippen LogP contribution in [0.3, 0.4) is 0 Å². The third kappa shape index (κ3) is 4.29. The Morgan fingerprint density at radius 3 is 2.54 bits per heavy atom. The highest BCUT2D eigenvalue weighted by Crippen LogP contribution is 2.30. The predicted molar refractivity (Wildman–Crippen MR) is 132 cm³/mol. The Morgan fingerprint density at radius 1 is 0.943 bits per heavy atom. The molecule has 1 amide bonds. The topological polar surface area (TPSA) is 111 Å². The molecule has 1 N–H and O–H groups in total. The van der Waals surface area contributed by atoms with Gasteiger partial charge in [-0.3, -0.25) is 14.9 Å². The lowest BCUT2D eigenvalue weighted by atomic mass is 10.1.